The van der Waals surface area contributed by atoms with E-state index in [9.17, 15) is 9.90 Å². The molecule has 0 bridgehead atoms. The molecule has 1 saturated heterocycles. The van der Waals surface area contributed by atoms with Crippen LogP contribution in [0.25, 0.3) is 0 Å². The van der Waals surface area contributed by atoms with Gasteiger partial charge in [0, 0.05) is 5.56 Å². The fourth-order valence-electron chi connectivity index (χ4n) is 1.12. The smallest absolute Gasteiger partial charge is 0.236 e. The van der Waals surface area contributed by atoms with Crippen LogP contribution in [0.5, 0.6) is 5.75 Å². The Morgan fingerprint density at radius 2 is 2.25 bits per heavy atom. The molecular weight excluding hydrogens is 226 g/mol. The average Bonchev–Trinajstić information content (AvgIpc) is 2.67. The van der Waals surface area contributed by atoms with Gasteiger partial charge in [-0.1, -0.05) is 23.9 Å². The quantitative estimate of drug-likeness (QED) is 0.592. The third-order valence-corrected chi connectivity index (χ3v) is 2.73. The van der Waals surface area contributed by atoms with Gasteiger partial charge in [-0.15, -0.1) is 5.10 Å². The van der Waals surface area contributed by atoms with Crippen LogP contribution in [0.3, 0.4) is 0 Å². The highest BCUT2D eigenvalue weighted by molar-refractivity contribution is 8.15. The van der Waals surface area contributed by atoms with Gasteiger partial charge in [0.15, 0.2) is 5.17 Å². The Balaban J connectivity index is 2.05. The molecule has 1 aromatic rings. The molecule has 0 radical (unpaired) electrons. The van der Waals surface area contributed by atoms with E-state index in [1.165, 1.54) is 18.0 Å². The Morgan fingerprint density at radius 3 is 2.94 bits per heavy atom. The fourth-order valence-corrected chi connectivity index (χ4v) is 1.75. The Kier molecular flexibility index (Phi) is 3.21. The van der Waals surface area contributed by atoms with E-state index in [2.05, 4.69) is 15.5 Å². The number of nitrogens with zero attached hydrogens (tertiary/aromatic N) is 2. The number of rotatable bonds is 2. The van der Waals surface area contributed by atoms with Gasteiger partial charge in [-0.3, -0.25) is 4.79 Å². The number of para-hydroxylation sites is 1. The van der Waals surface area contributed by atoms with Gasteiger partial charge in [-0.2, -0.15) is 5.10 Å². The number of aromatic hydroxyl groups is 1. The molecule has 1 fully saturated rings. The van der Waals surface area contributed by atoms with Crippen LogP contribution in [0.15, 0.2) is 34.5 Å². The number of carbonyl (C=O) groups is 1. The second-order valence-electron chi connectivity index (χ2n) is 3.05. The van der Waals surface area contributed by atoms with Gasteiger partial charge in [0.2, 0.25) is 5.91 Å². The van der Waals surface area contributed by atoms with Crippen LogP contribution in [0, 0.1) is 0 Å². The van der Waals surface area contributed by atoms with Crippen LogP contribution in [0.2, 0.25) is 0 Å². The highest BCUT2D eigenvalue weighted by Crippen LogP contribution is 2.13. The summed E-state index contributed by atoms with van der Waals surface area (Å²) in [6.07, 6.45) is 1.44. The zero-order valence-corrected chi connectivity index (χ0v) is 9.07. The minimum Gasteiger partial charge on any atom is -0.507 e. The number of phenols is 1. The molecule has 2 rings (SSSR count). The van der Waals surface area contributed by atoms with Crippen molar-refractivity contribution >= 4 is 29.1 Å². The van der Waals surface area contributed by atoms with Crippen LogP contribution in [-0.2, 0) is 4.79 Å². The predicted octanol–water partition coefficient (Wildman–Crippen LogP) is 0.945. The minimum absolute atomic E-state index is 0.0680. The number of hydrogen-bond donors (Lipinski definition) is 2. The fraction of sp³-hybridized carbons (Fsp3) is 0.100. The maximum Gasteiger partial charge on any atom is 0.236 e. The van der Waals surface area contributed by atoms with E-state index in [0.29, 0.717) is 16.5 Å². The molecule has 82 valence electrons. The van der Waals surface area contributed by atoms with E-state index in [0.717, 1.165) is 0 Å². The van der Waals surface area contributed by atoms with Crippen molar-refractivity contribution in [2.24, 2.45) is 10.2 Å². The summed E-state index contributed by atoms with van der Waals surface area (Å²) in [5, 5.41) is 20.1. The molecule has 0 saturated carbocycles. The minimum atomic E-state index is -0.0680. The first-order valence-electron chi connectivity index (χ1n) is 4.57. The lowest BCUT2D eigenvalue weighted by atomic mass is 10.2. The molecule has 1 aliphatic heterocycles. The molecular formula is C10H9N3O2S. The molecule has 1 aromatic carbocycles. The molecule has 0 aliphatic carbocycles. The summed E-state index contributed by atoms with van der Waals surface area (Å²) in [6.45, 7) is 0. The summed E-state index contributed by atoms with van der Waals surface area (Å²) in [5.41, 5.74) is 0.584. The zero-order chi connectivity index (χ0) is 11.4. The van der Waals surface area contributed by atoms with Crippen molar-refractivity contribution < 1.29 is 9.90 Å². The number of thioether (sulfide) groups is 1. The molecule has 2 N–H and O–H groups in total. The molecule has 1 amide bonds. The third-order valence-electron chi connectivity index (χ3n) is 1.87. The van der Waals surface area contributed by atoms with Crippen molar-refractivity contribution in [3.05, 3.63) is 29.8 Å². The zero-order valence-electron chi connectivity index (χ0n) is 8.25. The summed E-state index contributed by atoms with van der Waals surface area (Å²) in [6, 6.07) is 6.81. The molecule has 5 nitrogen and oxygen atoms in total. The van der Waals surface area contributed by atoms with Crippen LogP contribution >= 0.6 is 11.8 Å². The van der Waals surface area contributed by atoms with Crippen molar-refractivity contribution in [1.82, 2.24) is 5.32 Å². The Hall–Kier alpha value is -1.82. The van der Waals surface area contributed by atoms with E-state index in [-0.39, 0.29) is 11.7 Å². The van der Waals surface area contributed by atoms with E-state index in [1.807, 2.05) is 0 Å². The summed E-state index contributed by atoms with van der Waals surface area (Å²) in [7, 11) is 0. The summed E-state index contributed by atoms with van der Waals surface area (Å²) in [4.78, 5) is 10.8. The number of benzene rings is 1. The highest BCUT2D eigenvalue weighted by atomic mass is 32.2. The van der Waals surface area contributed by atoms with Gasteiger partial charge in [-0.25, -0.2) is 0 Å². The largest absolute Gasteiger partial charge is 0.507 e. The summed E-state index contributed by atoms with van der Waals surface area (Å²) in [5.74, 6) is 0.460. The maximum absolute atomic E-state index is 10.8. The van der Waals surface area contributed by atoms with Crippen LogP contribution in [0.4, 0.5) is 0 Å². The molecule has 0 atom stereocenters. The van der Waals surface area contributed by atoms with Crippen LogP contribution < -0.4 is 5.32 Å². The number of phenolic OH excluding ortho intramolecular Hbond substituents is 1. The number of nitrogens with one attached hydrogen (secondary N) is 1. The molecule has 1 heterocycles. The number of amidine groups is 1. The van der Waals surface area contributed by atoms with Crippen molar-refractivity contribution in [1.29, 1.82) is 0 Å². The SMILES string of the molecule is O=C1CSC(=N/N=C\c2ccccc2O)N1. The monoisotopic (exact) mass is 235 g/mol. The second kappa shape index (κ2) is 4.80. The van der Waals surface area contributed by atoms with Crippen molar-refractivity contribution in [3.63, 3.8) is 0 Å². The number of hydrogen-bond acceptors (Lipinski definition) is 5. The first kappa shape index (κ1) is 10.7. The standard InChI is InChI=1S/C10H9N3O2S/c14-8-4-2-1-3-7(8)5-11-13-10-12-9(15)6-16-10/h1-5,14H,6H2,(H,12,13,15)/b11-5-. The number of amides is 1. The Morgan fingerprint density at radius 1 is 1.44 bits per heavy atom. The predicted molar refractivity (Wildman–Crippen MR) is 63.7 cm³/mol. The molecule has 6 heteroatoms. The normalized spacial score (nSPS) is 18.2. The first-order valence-corrected chi connectivity index (χ1v) is 5.56. The van der Waals surface area contributed by atoms with Crippen molar-refractivity contribution in [2.75, 3.05) is 5.75 Å². The van der Waals surface area contributed by atoms with Gasteiger partial charge in [0.05, 0.1) is 12.0 Å². The van der Waals surface area contributed by atoms with E-state index in [1.54, 1.807) is 24.3 Å². The molecule has 0 spiro atoms. The summed E-state index contributed by atoms with van der Waals surface area (Å²) < 4.78 is 0. The van der Waals surface area contributed by atoms with Crippen molar-refractivity contribution in [2.45, 2.75) is 0 Å². The second-order valence-corrected chi connectivity index (χ2v) is 4.01. The number of carbonyl (C=O) groups excluding carboxylic acids is 1. The van der Waals surface area contributed by atoms with Gasteiger partial charge in [-0.05, 0) is 12.1 Å². The molecule has 0 aromatic heterocycles. The van der Waals surface area contributed by atoms with E-state index < -0.39 is 0 Å². The van der Waals surface area contributed by atoms with Crippen LogP contribution in [-0.4, -0.2) is 28.1 Å². The topological polar surface area (TPSA) is 74.0 Å². The lowest BCUT2D eigenvalue weighted by Crippen LogP contribution is -2.19. The summed E-state index contributed by atoms with van der Waals surface area (Å²) >= 11 is 1.30. The molecule has 0 unspecified atom stereocenters. The van der Waals surface area contributed by atoms with Gasteiger partial charge in [0.1, 0.15) is 5.75 Å². The lowest BCUT2D eigenvalue weighted by Gasteiger charge is -1.95. The van der Waals surface area contributed by atoms with Gasteiger partial charge >= 0.3 is 0 Å². The van der Waals surface area contributed by atoms with Crippen LogP contribution in [0.1, 0.15) is 5.56 Å². The van der Waals surface area contributed by atoms with Gasteiger partial charge < -0.3 is 10.4 Å². The third kappa shape index (κ3) is 2.60. The molecule has 16 heavy (non-hydrogen) atoms. The van der Waals surface area contributed by atoms with E-state index >= 15 is 0 Å². The molecule has 1 aliphatic rings. The highest BCUT2D eigenvalue weighted by Gasteiger charge is 2.15. The Bertz CT molecular complexity index is 471. The van der Waals surface area contributed by atoms with E-state index in [4.69, 9.17) is 0 Å². The Labute approximate surface area is 96.3 Å². The maximum atomic E-state index is 10.8. The van der Waals surface area contributed by atoms with Crippen molar-refractivity contribution in [3.8, 4) is 5.75 Å². The van der Waals surface area contributed by atoms with Gasteiger partial charge in [0.25, 0.3) is 0 Å². The first-order chi connectivity index (χ1) is 7.75. The lowest BCUT2D eigenvalue weighted by molar-refractivity contribution is -0.116. The average molecular weight is 235 g/mol.